The lowest BCUT2D eigenvalue weighted by atomic mass is 10.1. The second-order valence-corrected chi connectivity index (χ2v) is 6.03. The average Bonchev–Trinajstić information content (AvgIpc) is 2.57. The standard InChI is InChI=1S/C16H25N5O/c22-16(13-20-10-6-17-7-11-20)19-14-4-5-15(18-12-14)21-8-2-1-3-9-21/h4-5,12,17H,1-3,6-11,13H2,(H,19,22). The molecule has 2 N–H and O–H groups in total. The van der Waals surface area contributed by atoms with Crippen LogP contribution in [-0.2, 0) is 4.79 Å². The summed E-state index contributed by atoms with van der Waals surface area (Å²) in [5.74, 6) is 1.05. The molecule has 120 valence electrons. The quantitative estimate of drug-likeness (QED) is 0.866. The van der Waals surface area contributed by atoms with Crippen LogP contribution in [0.5, 0.6) is 0 Å². The smallest absolute Gasteiger partial charge is 0.238 e. The zero-order valence-corrected chi connectivity index (χ0v) is 13.1. The monoisotopic (exact) mass is 303 g/mol. The summed E-state index contributed by atoms with van der Waals surface area (Å²) >= 11 is 0. The number of piperidine rings is 1. The first-order valence-corrected chi connectivity index (χ1v) is 8.25. The van der Waals surface area contributed by atoms with Crippen LogP contribution in [0.1, 0.15) is 19.3 Å². The van der Waals surface area contributed by atoms with Crippen LogP contribution in [0.4, 0.5) is 11.5 Å². The number of nitrogens with one attached hydrogen (secondary N) is 2. The first kappa shape index (κ1) is 15.2. The Kier molecular flexibility index (Phi) is 5.24. The highest BCUT2D eigenvalue weighted by Gasteiger charge is 2.14. The van der Waals surface area contributed by atoms with Crippen LogP contribution in [0.2, 0.25) is 0 Å². The summed E-state index contributed by atoms with van der Waals surface area (Å²) in [7, 11) is 0. The van der Waals surface area contributed by atoms with E-state index < -0.39 is 0 Å². The number of hydrogen-bond acceptors (Lipinski definition) is 5. The highest BCUT2D eigenvalue weighted by atomic mass is 16.2. The van der Waals surface area contributed by atoms with Crippen molar-refractivity contribution >= 4 is 17.4 Å². The lowest BCUT2D eigenvalue weighted by Crippen LogP contribution is -2.46. The molecule has 0 atom stereocenters. The highest BCUT2D eigenvalue weighted by molar-refractivity contribution is 5.92. The average molecular weight is 303 g/mol. The van der Waals surface area contributed by atoms with E-state index in [4.69, 9.17) is 0 Å². The number of hydrogen-bond donors (Lipinski definition) is 2. The predicted molar refractivity (Wildman–Crippen MR) is 88.2 cm³/mol. The summed E-state index contributed by atoms with van der Waals surface area (Å²) in [5, 5.41) is 6.22. The van der Waals surface area contributed by atoms with Gasteiger partial charge < -0.3 is 15.5 Å². The third-order valence-corrected chi connectivity index (χ3v) is 4.29. The Hall–Kier alpha value is -1.66. The van der Waals surface area contributed by atoms with Gasteiger partial charge in [-0.2, -0.15) is 0 Å². The normalized spacial score (nSPS) is 19.9. The Morgan fingerprint density at radius 2 is 1.91 bits per heavy atom. The van der Waals surface area contributed by atoms with Crippen molar-refractivity contribution in [1.29, 1.82) is 0 Å². The Morgan fingerprint density at radius 1 is 1.14 bits per heavy atom. The molecule has 1 aromatic rings. The Labute approximate surface area is 131 Å². The minimum Gasteiger partial charge on any atom is -0.357 e. The van der Waals surface area contributed by atoms with E-state index in [0.29, 0.717) is 6.54 Å². The predicted octanol–water partition coefficient (Wildman–Crippen LogP) is 0.916. The van der Waals surface area contributed by atoms with Crippen LogP contribution >= 0.6 is 0 Å². The second-order valence-electron chi connectivity index (χ2n) is 6.03. The van der Waals surface area contributed by atoms with Gasteiger partial charge in [0.25, 0.3) is 0 Å². The van der Waals surface area contributed by atoms with E-state index in [2.05, 4.69) is 25.4 Å². The fraction of sp³-hybridized carbons (Fsp3) is 0.625. The molecule has 0 radical (unpaired) electrons. The second kappa shape index (κ2) is 7.56. The number of pyridine rings is 1. The maximum absolute atomic E-state index is 12.1. The number of amides is 1. The van der Waals surface area contributed by atoms with Crippen molar-refractivity contribution in [1.82, 2.24) is 15.2 Å². The van der Waals surface area contributed by atoms with Gasteiger partial charge in [-0.3, -0.25) is 9.69 Å². The Balaban J connectivity index is 1.50. The molecule has 0 spiro atoms. The molecule has 1 amide bonds. The molecule has 0 bridgehead atoms. The van der Waals surface area contributed by atoms with Crippen LogP contribution < -0.4 is 15.5 Å². The highest BCUT2D eigenvalue weighted by Crippen LogP contribution is 2.18. The maximum atomic E-state index is 12.1. The number of aromatic nitrogens is 1. The van der Waals surface area contributed by atoms with Crippen LogP contribution in [-0.4, -0.2) is 61.6 Å². The molecule has 1 aromatic heterocycles. The third-order valence-electron chi connectivity index (χ3n) is 4.29. The number of piperazine rings is 1. The number of carbonyl (C=O) groups is 1. The van der Waals surface area contributed by atoms with E-state index in [1.807, 2.05) is 12.1 Å². The molecule has 2 aliphatic heterocycles. The molecule has 0 aliphatic carbocycles. The number of nitrogens with zero attached hydrogens (tertiary/aromatic N) is 3. The van der Waals surface area contributed by atoms with E-state index in [9.17, 15) is 4.79 Å². The van der Waals surface area contributed by atoms with Crippen molar-refractivity contribution < 1.29 is 4.79 Å². The molecular formula is C16H25N5O. The molecule has 6 heteroatoms. The van der Waals surface area contributed by atoms with Gasteiger partial charge in [-0.1, -0.05) is 0 Å². The van der Waals surface area contributed by atoms with Gasteiger partial charge in [0.1, 0.15) is 5.82 Å². The van der Waals surface area contributed by atoms with Gasteiger partial charge in [-0.05, 0) is 31.4 Å². The summed E-state index contributed by atoms with van der Waals surface area (Å²) in [6, 6.07) is 3.96. The fourth-order valence-electron chi connectivity index (χ4n) is 3.04. The van der Waals surface area contributed by atoms with Gasteiger partial charge in [0, 0.05) is 39.3 Å². The lowest BCUT2D eigenvalue weighted by molar-refractivity contribution is -0.117. The molecule has 2 fully saturated rings. The first-order valence-electron chi connectivity index (χ1n) is 8.25. The third kappa shape index (κ3) is 4.18. The SMILES string of the molecule is O=C(CN1CCNCC1)Nc1ccc(N2CCCCC2)nc1. The van der Waals surface area contributed by atoms with Gasteiger partial charge >= 0.3 is 0 Å². The molecular weight excluding hydrogens is 278 g/mol. The van der Waals surface area contributed by atoms with Gasteiger partial charge in [0.2, 0.25) is 5.91 Å². The zero-order valence-electron chi connectivity index (χ0n) is 13.1. The minimum atomic E-state index is 0.0365. The van der Waals surface area contributed by atoms with Crippen molar-refractivity contribution in [3.63, 3.8) is 0 Å². The van der Waals surface area contributed by atoms with Crippen LogP contribution in [0.25, 0.3) is 0 Å². The summed E-state index contributed by atoms with van der Waals surface area (Å²) in [6.07, 6.45) is 5.56. The van der Waals surface area contributed by atoms with Gasteiger partial charge in [-0.25, -0.2) is 4.98 Å². The zero-order chi connectivity index (χ0) is 15.2. The van der Waals surface area contributed by atoms with Crippen LogP contribution in [0.15, 0.2) is 18.3 Å². The number of anilines is 2. The van der Waals surface area contributed by atoms with Crippen molar-refractivity contribution in [3.8, 4) is 0 Å². The van der Waals surface area contributed by atoms with Crippen molar-refractivity contribution in [2.75, 3.05) is 56.0 Å². The van der Waals surface area contributed by atoms with E-state index in [-0.39, 0.29) is 5.91 Å². The molecule has 0 saturated carbocycles. The number of rotatable bonds is 4. The molecule has 2 aliphatic rings. The topological polar surface area (TPSA) is 60.5 Å². The van der Waals surface area contributed by atoms with Crippen LogP contribution in [0.3, 0.4) is 0 Å². The lowest BCUT2D eigenvalue weighted by Gasteiger charge is -2.28. The molecule has 0 aromatic carbocycles. The van der Waals surface area contributed by atoms with Gasteiger partial charge in [0.15, 0.2) is 0 Å². The fourth-order valence-corrected chi connectivity index (χ4v) is 3.04. The first-order chi connectivity index (χ1) is 10.8. The van der Waals surface area contributed by atoms with Crippen molar-refractivity contribution in [3.05, 3.63) is 18.3 Å². The van der Waals surface area contributed by atoms with E-state index in [1.165, 1.54) is 19.3 Å². The van der Waals surface area contributed by atoms with Crippen molar-refractivity contribution in [2.24, 2.45) is 0 Å². The van der Waals surface area contributed by atoms with E-state index >= 15 is 0 Å². The van der Waals surface area contributed by atoms with Gasteiger partial charge in [0.05, 0.1) is 18.4 Å². The Bertz CT molecular complexity index is 478. The molecule has 2 saturated heterocycles. The van der Waals surface area contributed by atoms with Crippen LogP contribution in [0, 0.1) is 0 Å². The molecule has 22 heavy (non-hydrogen) atoms. The largest absolute Gasteiger partial charge is 0.357 e. The van der Waals surface area contributed by atoms with Gasteiger partial charge in [-0.15, -0.1) is 0 Å². The molecule has 3 rings (SSSR count). The van der Waals surface area contributed by atoms with E-state index in [0.717, 1.165) is 50.8 Å². The summed E-state index contributed by atoms with van der Waals surface area (Å²) in [4.78, 5) is 21.0. The molecule has 3 heterocycles. The summed E-state index contributed by atoms with van der Waals surface area (Å²) in [5.41, 5.74) is 0.779. The minimum absolute atomic E-state index is 0.0365. The molecule has 0 unspecified atom stereocenters. The van der Waals surface area contributed by atoms with Crippen molar-refractivity contribution in [2.45, 2.75) is 19.3 Å². The Morgan fingerprint density at radius 3 is 2.59 bits per heavy atom. The summed E-state index contributed by atoms with van der Waals surface area (Å²) in [6.45, 7) is 6.40. The number of carbonyl (C=O) groups excluding carboxylic acids is 1. The molecule has 6 nitrogen and oxygen atoms in total. The maximum Gasteiger partial charge on any atom is 0.238 e. The van der Waals surface area contributed by atoms with E-state index in [1.54, 1.807) is 6.20 Å². The summed E-state index contributed by atoms with van der Waals surface area (Å²) < 4.78 is 0.